The van der Waals surface area contributed by atoms with E-state index in [1.165, 1.54) is 11.3 Å². The molecule has 0 spiro atoms. The number of benzene rings is 1. The summed E-state index contributed by atoms with van der Waals surface area (Å²) in [6, 6.07) is 6.31. The Morgan fingerprint density at radius 3 is 2.88 bits per heavy atom. The Bertz CT molecular complexity index is 405. The zero-order chi connectivity index (χ0) is 12.5. The van der Waals surface area contributed by atoms with Crippen LogP contribution in [0.2, 0.25) is 5.02 Å². The maximum absolute atomic E-state index is 6.34. The summed E-state index contributed by atoms with van der Waals surface area (Å²) in [6.45, 7) is 9.65. The number of halogens is 1. The highest BCUT2D eigenvalue weighted by Crippen LogP contribution is 2.29. The largest absolute Gasteiger partial charge is 0.367 e. The van der Waals surface area contributed by atoms with E-state index in [0.29, 0.717) is 0 Å². The molecule has 1 aromatic carbocycles. The molecule has 2 rings (SSSR count). The number of hydrogen-bond acceptors (Lipinski definition) is 2. The molecule has 0 aliphatic carbocycles. The van der Waals surface area contributed by atoms with E-state index in [2.05, 4.69) is 43.1 Å². The van der Waals surface area contributed by atoms with Gasteiger partial charge in [0.15, 0.2) is 0 Å². The van der Waals surface area contributed by atoms with Crippen molar-refractivity contribution in [1.82, 2.24) is 5.32 Å². The van der Waals surface area contributed by atoms with Crippen molar-refractivity contribution in [2.24, 2.45) is 0 Å². The Balaban J connectivity index is 2.22. The molecular weight excluding hydrogens is 232 g/mol. The van der Waals surface area contributed by atoms with Gasteiger partial charge in [0.05, 0.1) is 10.7 Å². The summed E-state index contributed by atoms with van der Waals surface area (Å²) in [5, 5.41) is 4.46. The third kappa shape index (κ3) is 2.75. The van der Waals surface area contributed by atoms with Gasteiger partial charge in [-0.05, 0) is 38.0 Å². The van der Waals surface area contributed by atoms with Crippen LogP contribution in [0.25, 0.3) is 0 Å². The van der Waals surface area contributed by atoms with Crippen LogP contribution in [-0.4, -0.2) is 25.2 Å². The van der Waals surface area contributed by atoms with Gasteiger partial charge in [-0.1, -0.05) is 24.6 Å². The van der Waals surface area contributed by atoms with Crippen molar-refractivity contribution >= 4 is 17.3 Å². The van der Waals surface area contributed by atoms with Crippen LogP contribution in [0.4, 0.5) is 5.69 Å². The molecule has 94 valence electrons. The Morgan fingerprint density at radius 1 is 1.47 bits per heavy atom. The van der Waals surface area contributed by atoms with Crippen LogP contribution < -0.4 is 10.2 Å². The molecule has 17 heavy (non-hydrogen) atoms. The molecule has 0 bridgehead atoms. The van der Waals surface area contributed by atoms with Crippen molar-refractivity contribution in [2.45, 2.75) is 32.7 Å². The normalized spacial score (nSPS) is 25.1. The first-order valence-electron chi connectivity index (χ1n) is 6.30. The van der Waals surface area contributed by atoms with Crippen molar-refractivity contribution in [2.75, 3.05) is 24.5 Å². The Kier molecular flexibility index (Phi) is 3.64. The maximum Gasteiger partial charge on any atom is 0.0642 e. The highest BCUT2D eigenvalue weighted by atomic mass is 35.5. The molecule has 0 aromatic heterocycles. The average Bonchev–Trinajstić information content (AvgIpc) is 2.29. The third-order valence-corrected chi connectivity index (χ3v) is 4.00. The second-order valence-corrected chi connectivity index (χ2v) is 5.62. The average molecular weight is 253 g/mol. The van der Waals surface area contributed by atoms with Crippen LogP contribution in [0.15, 0.2) is 18.2 Å². The van der Waals surface area contributed by atoms with Crippen LogP contribution in [0, 0.1) is 6.92 Å². The molecular formula is C14H21ClN2. The minimum absolute atomic E-state index is 0.201. The van der Waals surface area contributed by atoms with E-state index in [0.717, 1.165) is 31.1 Å². The SMILES string of the molecule is CCC1(C)CN(c2ccc(C)cc2Cl)CCN1. The van der Waals surface area contributed by atoms with Crippen LogP contribution in [-0.2, 0) is 0 Å². The van der Waals surface area contributed by atoms with E-state index < -0.39 is 0 Å². The van der Waals surface area contributed by atoms with Crippen molar-refractivity contribution < 1.29 is 0 Å². The molecule has 0 radical (unpaired) electrons. The van der Waals surface area contributed by atoms with Gasteiger partial charge in [-0.25, -0.2) is 0 Å². The smallest absolute Gasteiger partial charge is 0.0642 e. The van der Waals surface area contributed by atoms with Gasteiger partial charge in [0.25, 0.3) is 0 Å². The molecule has 1 aromatic rings. The summed E-state index contributed by atoms with van der Waals surface area (Å²) in [6.07, 6.45) is 1.13. The van der Waals surface area contributed by atoms with Gasteiger partial charge >= 0.3 is 0 Å². The number of nitrogens with one attached hydrogen (secondary N) is 1. The van der Waals surface area contributed by atoms with E-state index in [-0.39, 0.29) is 5.54 Å². The number of anilines is 1. The first kappa shape index (κ1) is 12.7. The lowest BCUT2D eigenvalue weighted by Gasteiger charge is -2.42. The summed E-state index contributed by atoms with van der Waals surface area (Å²) >= 11 is 6.34. The van der Waals surface area contributed by atoms with Crippen molar-refractivity contribution in [3.63, 3.8) is 0 Å². The van der Waals surface area contributed by atoms with E-state index in [4.69, 9.17) is 11.6 Å². The number of nitrogens with zero attached hydrogens (tertiary/aromatic N) is 1. The second-order valence-electron chi connectivity index (χ2n) is 5.22. The second kappa shape index (κ2) is 4.87. The van der Waals surface area contributed by atoms with Gasteiger partial charge in [-0.15, -0.1) is 0 Å². The molecule has 1 heterocycles. The topological polar surface area (TPSA) is 15.3 Å². The Hall–Kier alpha value is -0.730. The molecule has 1 N–H and O–H groups in total. The highest BCUT2D eigenvalue weighted by molar-refractivity contribution is 6.33. The highest BCUT2D eigenvalue weighted by Gasteiger charge is 2.29. The van der Waals surface area contributed by atoms with Gasteiger partial charge in [0, 0.05) is 25.2 Å². The fourth-order valence-electron chi connectivity index (χ4n) is 2.36. The lowest BCUT2D eigenvalue weighted by Crippen LogP contribution is -2.58. The predicted molar refractivity (Wildman–Crippen MR) is 75.1 cm³/mol. The fraction of sp³-hybridized carbons (Fsp3) is 0.571. The zero-order valence-corrected chi connectivity index (χ0v) is 11.6. The molecule has 1 unspecified atom stereocenters. The number of hydrogen-bond donors (Lipinski definition) is 1. The minimum atomic E-state index is 0.201. The standard InChI is InChI=1S/C14H21ClN2/c1-4-14(3)10-17(8-7-16-14)13-6-5-11(2)9-12(13)15/h5-6,9,16H,4,7-8,10H2,1-3H3. The summed E-state index contributed by atoms with van der Waals surface area (Å²) in [7, 11) is 0. The molecule has 2 nitrogen and oxygen atoms in total. The van der Waals surface area contributed by atoms with E-state index in [1.54, 1.807) is 0 Å². The predicted octanol–water partition coefficient (Wildman–Crippen LogP) is 3.23. The van der Waals surface area contributed by atoms with Crippen molar-refractivity contribution in [3.05, 3.63) is 28.8 Å². The lowest BCUT2D eigenvalue weighted by molar-refractivity contribution is 0.314. The van der Waals surface area contributed by atoms with Crippen LogP contribution in [0.5, 0.6) is 0 Å². The third-order valence-electron chi connectivity index (χ3n) is 3.70. The quantitative estimate of drug-likeness (QED) is 0.870. The number of piperazine rings is 1. The van der Waals surface area contributed by atoms with Crippen molar-refractivity contribution in [1.29, 1.82) is 0 Å². The van der Waals surface area contributed by atoms with Gasteiger partial charge in [-0.2, -0.15) is 0 Å². The van der Waals surface area contributed by atoms with Crippen molar-refractivity contribution in [3.8, 4) is 0 Å². The number of aryl methyl sites for hydroxylation is 1. The molecule has 0 saturated carbocycles. The summed E-state index contributed by atoms with van der Waals surface area (Å²) in [5.41, 5.74) is 2.58. The molecule has 1 aliphatic rings. The lowest BCUT2D eigenvalue weighted by atomic mass is 9.95. The molecule has 1 aliphatic heterocycles. The zero-order valence-electron chi connectivity index (χ0n) is 10.9. The van der Waals surface area contributed by atoms with Crippen LogP contribution >= 0.6 is 11.6 Å². The van der Waals surface area contributed by atoms with E-state index in [9.17, 15) is 0 Å². The van der Waals surface area contributed by atoms with Crippen LogP contribution in [0.1, 0.15) is 25.8 Å². The summed E-state index contributed by atoms with van der Waals surface area (Å²) in [4.78, 5) is 2.39. The fourth-order valence-corrected chi connectivity index (χ4v) is 2.71. The Labute approximate surface area is 109 Å². The molecule has 1 fully saturated rings. The van der Waals surface area contributed by atoms with E-state index in [1.807, 2.05) is 6.07 Å². The molecule has 1 atom stereocenters. The first-order valence-corrected chi connectivity index (χ1v) is 6.68. The number of rotatable bonds is 2. The van der Waals surface area contributed by atoms with Gasteiger partial charge in [0.1, 0.15) is 0 Å². The van der Waals surface area contributed by atoms with Crippen LogP contribution in [0.3, 0.4) is 0 Å². The van der Waals surface area contributed by atoms with Gasteiger partial charge < -0.3 is 10.2 Å². The minimum Gasteiger partial charge on any atom is -0.367 e. The first-order chi connectivity index (χ1) is 8.04. The monoisotopic (exact) mass is 252 g/mol. The molecule has 1 saturated heterocycles. The summed E-state index contributed by atoms with van der Waals surface area (Å²) in [5.74, 6) is 0. The van der Waals surface area contributed by atoms with Gasteiger partial charge in [-0.3, -0.25) is 0 Å². The Morgan fingerprint density at radius 2 is 2.24 bits per heavy atom. The maximum atomic E-state index is 6.34. The molecule has 0 amide bonds. The summed E-state index contributed by atoms with van der Waals surface area (Å²) < 4.78 is 0. The van der Waals surface area contributed by atoms with Gasteiger partial charge in [0.2, 0.25) is 0 Å². The van der Waals surface area contributed by atoms with E-state index >= 15 is 0 Å². The molecule has 3 heteroatoms.